The third-order valence-corrected chi connectivity index (χ3v) is 2.03. The molecule has 0 amide bonds. The lowest BCUT2D eigenvalue weighted by Crippen LogP contribution is -2.17. The minimum absolute atomic E-state index is 0.178. The molecule has 4 nitrogen and oxygen atoms in total. The number of hydrogen-bond donors (Lipinski definition) is 2. The predicted octanol–water partition coefficient (Wildman–Crippen LogP) is 1.22. The SMILES string of the molecule is CCOC(=O)C[C@@H](N)c1cccc(N)c1. The van der Waals surface area contributed by atoms with Crippen LogP contribution in [-0.2, 0) is 9.53 Å². The van der Waals surface area contributed by atoms with E-state index < -0.39 is 0 Å². The van der Waals surface area contributed by atoms with Gasteiger partial charge in [0.05, 0.1) is 13.0 Å². The second kappa shape index (κ2) is 5.36. The maximum atomic E-state index is 11.2. The predicted molar refractivity (Wildman–Crippen MR) is 59.0 cm³/mol. The van der Waals surface area contributed by atoms with Gasteiger partial charge in [0.1, 0.15) is 0 Å². The number of nitrogen functional groups attached to an aromatic ring is 1. The van der Waals surface area contributed by atoms with Crippen molar-refractivity contribution in [3.05, 3.63) is 29.8 Å². The first-order valence-electron chi connectivity index (χ1n) is 4.90. The molecule has 15 heavy (non-hydrogen) atoms. The van der Waals surface area contributed by atoms with Crippen LogP contribution in [0.4, 0.5) is 5.69 Å². The maximum Gasteiger partial charge on any atom is 0.307 e. The Bertz CT molecular complexity index is 339. The van der Waals surface area contributed by atoms with E-state index in [9.17, 15) is 4.79 Å². The fourth-order valence-electron chi connectivity index (χ4n) is 1.31. The molecule has 1 rings (SSSR count). The van der Waals surface area contributed by atoms with Gasteiger partial charge in [0, 0.05) is 11.7 Å². The molecule has 0 unspecified atom stereocenters. The summed E-state index contributed by atoms with van der Waals surface area (Å²) in [7, 11) is 0. The normalized spacial score (nSPS) is 12.1. The van der Waals surface area contributed by atoms with Crippen molar-refractivity contribution in [1.29, 1.82) is 0 Å². The number of rotatable bonds is 4. The molecule has 0 aliphatic carbocycles. The van der Waals surface area contributed by atoms with Crippen molar-refractivity contribution < 1.29 is 9.53 Å². The Labute approximate surface area is 89.2 Å². The van der Waals surface area contributed by atoms with Gasteiger partial charge in [-0.1, -0.05) is 12.1 Å². The third kappa shape index (κ3) is 3.59. The number of esters is 1. The van der Waals surface area contributed by atoms with Gasteiger partial charge in [0.15, 0.2) is 0 Å². The van der Waals surface area contributed by atoms with E-state index in [1.807, 2.05) is 12.1 Å². The summed E-state index contributed by atoms with van der Waals surface area (Å²) in [5.41, 5.74) is 12.9. The summed E-state index contributed by atoms with van der Waals surface area (Å²) in [5.74, 6) is -0.285. The summed E-state index contributed by atoms with van der Waals surface area (Å²) < 4.78 is 4.81. The summed E-state index contributed by atoms with van der Waals surface area (Å²) in [5, 5.41) is 0. The van der Waals surface area contributed by atoms with Gasteiger partial charge in [-0.2, -0.15) is 0 Å². The molecular formula is C11H16N2O2. The standard InChI is InChI=1S/C11H16N2O2/c1-2-15-11(14)7-10(13)8-4-3-5-9(12)6-8/h3-6,10H,2,7,12-13H2,1H3/t10-/m1/s1. The molecule has 1 aromatic carbocycles. The first-order chi connectivity index (χ1) is 7.13. The minimum Gasteiger partial charge on any atom is -0.466 e. The third-order valence-electron chi connectivity index (χ3n) is 2.03. The molecule has 4 N–H and O–H groups in total. The summed E-state index contributed by atoms with van der Waals surface area (Å²) in [6.45, 7) is 2.15. The van der Waals surface area contributed by atoms with E-state index in [1.165, 1.54) is 0 Å². The number of anilines is 1. The Morgan fingerprint density at radius 2 is 2.27 bits per heavy atom. The number of ether oxygens (including phenoxy) is 1. The van der Waals surface area contributed by atoms with E-state index in [4.69, 9.17) is 16.2 Å². The quantitative estimate of drug-likeness (QED) is 0.576. The van der Waals surface area contributed by atoms with Crippen LogP contribution in [0.1, 0.15) is 24.9 Å². The highest BCUT2D eigenvalue weighted by Crippen LogP contribution is 2.16. The van der Waals surface area contributed by atoms with E-state index >= 15 is 0 Å². The van der Waals surface area contributed by atoms with Gasteiger partial charge in [0.25, 0.3) is 0 Å². The zero-order valence-corrected chi connectivity index (χ0v) is 8.77. The van der Waals surface area contributed by atoms with Crippen LogP contribution in [0.3, 0.4) is 0 Å². The Morgan fingerprint density at radius 3 is 2.87 bits per heavy atom. The van der Waals surface area contributed by atoms with Crippen LogP contribution in [0.5, 0.6) is 0 Å². The monoisotopic (exact) mass is 208 g/mol. The number of benzene rings is 1. The molecule has 4 heteroatoms. The van der Waals surface area contributed by atoms with Gasteiger partial charge in [0.2, 0.25) is 0 Å². The molecule has 0 aliphatic rings. The van der Waals surface area contributed by atoms with Crippen molar-refractivity contribution in [3.8, 4) is 0 Å². The molecule has 0 bridgehead atoms. The Morgan fingerprint density at radius 1 is 1.53 bits per heavy atom. The summed E-state index contributed by atoms with van der Waals surface area (Å²) in [6, 6.07) is 6.85. The highest BCUT2D eigenvalue weighted by molar-refractivity contribution is 5.70. The van der Waals surface area contributed by atoms with Crippen molar-refractivity contribution in [3.63, 3.8) is 0 Å². The van der Waals surface area contributed by atoms with Crippen molar-refractivity contribution in [1.82, 2.24) is 0 Å². The van der Waals surface area contributed by atoms with Crippen molar-refractivity contribution in [2.45, 2.75) is 19.4 Å². The second-order valence-electron chi connectivity index (χ2n) is 3.29. The van der Waals surface area contributed by atoms with Gasteiger partial charge in [-0.15, -0.1) is 0 Å². The van der Waals surface area contributed by atoms with Crippen LogP contribution in [0.25, 0.3) is 0 Å². The molecule has 1 aromatic rings. The Hall–Kier alpha value is -1.55. The highest BCUT2D eigenvalue weighted by Gasteiger charge is 2.12. The van der Waals surface area contributed by atoms with Crippen LogP contribution >= 0.6 is 0 Å². The molecule has 0 radical (unpaired) electrons. The van der Waals surface area contributed by atoms with E-state index in [2.05, 4.69) is 0 Å². The molecule has 0 aromatic heterocycles. The highest BCUT2D eigenvalue weighted by atomic mass is 16.5. The number of carbonyl (C=O) groups excluding carboxylic acids is 1. The first kappa shape index (κ1) is 11.5. The van der Waals surface area contributed by atoms with Gasteiger partial charge in [-0.05, 0) is 24.6 Å². The van der Waals surface area contributed by atoms with Crippen LogP contribution in [0, 0.1) is 0 Å². The number of nitrogens with two attached hydrogens (primary N) is 2. The van der Waals surface area contributed by atoms with Crippen LogP contribution in [-0.4, -0.2) is 12.6 Å². The molecule has 1 atom stereocenters. The number of carbonyl (C=O) groups is 1. The second-order valence-corrected chi connectivity index (χ2v) is 3.29. The van der Waals surface area contributed by atoms with Crippen LogP contribution in [0.15, 0.2) is 24.3 Å². The largest absolute Gasteiger partial charge is 0.466 e. The molecule has 0 saturated carbocycles. The molecule has 0 heterocycles. The van der Waals surface area contributed by atoms with E-state index in [0.717, 1.165) is 5.56 Å². The van der Waals surface area contributed by atoms with Gasteiger partial charge in [-0.3, -0.25) is 4.79 Å². The zero-order valence-electron chi connectivity index (χ0n) is 8.77. The zero-order chi connectivity index (χ0) is 11.3. The van der Waals surface area contributed by atoms with E-state index in [0.29, 0.717) is 12.3 Å². The van der Waals surface area contributed by atoms with Gasteiger partial charge in [-0.25, -0.2) is 0 Å². The summed E-state index contributed by atoms with van der Waals surface area (Å²) >= 11 is 0. The average molecular weight is 208 g/mol. The van der Waals surface area contributed by atoms with E-state index in [1.54, 1.807) is 19.1 Å². The molecular weight excluding hydrogens is 192 g/mol. The van der Waals surface area contributed by atoms with Crippen molar-refractivity contribution in [2.24, 2.45) is 5.73 Å². The lowest BCUT2D eigenvalue weighted by molar-refractivity contribution is -0.143. The van der Waals surface area contributed by atoms with Crippen LogP contribution in [0.2, 0.25) is 0 Å². The molecule has 82 valence electrons. The average Bonchev–Trinajstić information content (AvgIpc) is 2.18. The Kier molecular flexibility index (Phi) is 4.12. The van der Waals surface area contributed by atoms with Crippen molar-refractivity contribution in [2.75, 3.05) is 12.3 Å². The molecule has 0 saturated heterocycles. The molecule has 0 aliphatic heterocycles. The molecule has 0 fully saturated rings. The first-order valence-corrected chi connectivity index (χ1v) is 4.90. The fourth-order valence-corrected chi connectivity index (χ4v) is 1.31. The smallest absolute Gasteiger partial charge is 0.307 e. The van der Waals surface area contributed by atoms with E-state index in [-0.39, 0.29) is 18.4 Å². The fraction of sp³-hybridized carbons (Fsp3) is 0.364. The summed E-state index contributed by atoms with van der Waals surface area (Å²) in [4.78, 5) is 11.2. The van der Waals surface area contributed by atoms with Gasteiger partial charge >= 0.3 is 5.97 Å². The Balaban J connectivity index is 2.60. The van der Waals surface area contributed by atoms with Crippen molar-refractivity contribution >= 4 is 11.7 Å². The lowest BCUT2D eigenvalue weighted by atomic mass is 10.0. The molecule has 0 spiro atoms. The van der Waals surface area contributed by atoms with Gasteiger partial charge < -0.3 is 16.2 Å². The topological polar surface area (TPSA) is 78.3 Å². The summed E-state index contributed by atoms with van der Waals surface area (Å²) in [6.07, 6.45) is 0.178. The van der Waals surface area contributed by atoms with Crippen LogP contribution < -0.4 is 11.5 Å². The minimum atomic E-state index is -0.354. The lowest BCUT2D eigenvalue weighted by Gasteiger charge is -2.11. The maximum absolute atomic E-state index is 11.2. The number of hydrogen-bond acceptors (Lipinski definition) is 4.